The summed E-state index contributed by atoms with van der Waals surface area (Å²) in [6.07, 6.45) is 6.86. The van der Waals surface area contributed by atoms with Gasteiger partial charge in [-0.15, -0.1) is 0 Å². The zero-order valence-corrected chi connectivity index (χ0v) is 9.44. The summed E-state index contributed by atoms with van der Waals surface area (Å²) < 4.78 is 3.97. The fourth-order valence-corrected chi connectivity index (χ4v) is 1.74. The summed E-state index contributed by atoms with van der Waals surface area (Å²) in [6, 6.07) is 0. The molecule has 1 N–H and O–H groups in total. The van der Waals surface area contributed by atoms with E-state index >= 15 is 0 Å². The summed E-state index contributed by atoms with van der Waals surface area (Å²) in [5.41, 5.74) is 0. The lowest BCUT2D eigenvalue weighted by Crippen LogP contribution is -2.40. The van der Waals surface area contributed by atoms with Crippen molar-refractivity contribution in [2.24, 2.45) is 0 Å². The minimum absolute atomic E-state index is 0.0616. The first kappa shape index (κ1) is 11.8. The zero-order valence-electron chi connectivity index (χ0n) is 9.44. The van der Waals surface area contributed by atoms with Crippen molar-refractivity contribution in [3.63, 3.8) is 0 Å². The molecule has 0 saturated heterocycles. The smallest absolute Gasteiger partial charge is 0.346 e. The second kappa shape index (κ2) is 5.53. The molecule has 0 bridgehead atoms. The number of aliphatic carboxylic acids is 1. The van der Waals surface area contributed by atoms with Crippen LogP contribution in [0.25, 0.3) is 0 Å². The fraction of sp³-hybridized carbons (Fsp3) is 0.636. The van der Waals surface area contributed by atoms with Gasteiger partial charge in [-0.2, -0.15) is 0 Å². The number of carbonyl (C=O) groups is 1. The third kappa shape index (κ3) is 3.08. The largest absolute Gasteiger partial charge is 0.478 e. The molecule has 0 aromatic carbocycles. The van der Waals surface area contributed by atoms with Gasteiger partial charge >= 0.3 is 5.97 Å². The van der Waals surface area contributed by atoms with E-state index in [1.807, 2.05) is 17.0 Å². The lowest BCUT2D eigenvalue weighted by Gasteiger charge is -2.01. The van der Waals surface area contributed by atoms with Crippen LogP contribution >= 0.6 is 0 Å². The van der Waals surface area contributed by atoms with E-state index in [4.69, 9.17) is 5.11 Å². The maximum Gasteiger partial charge on any atom is 0.346 e. The maximum atomic E-state index is 10.7. The van der Waals surface area contributed by atoms with E-state index in [0.29, 0.717) is 0 Å². The molecule has 0 aliphatic carbocycles. The molecule has 0 radical (unpaired) electrons. The Morgan fingerprint density at radius 2 is 2.20 bits per heavy atom. The molecule has 1 heterocycles. The highest BCUT2D eigenvalue weighted by Gasteiger charge is 2.17. The Balaban J connectivity index is 2.89. The molecule has 0 spiro atoms. The highest BCUT2D eigenvalue weighted by atomic mass is 16.4. The van der Waals surface area contributed by atoms with Gasteiger partial charge in [0.2, 0.25) is 0 Å². The standard InChI is InChI=1S/C11H18N2O2/c1-3-5-10-12(6-4-2)7-8-13(10)9-11(14)15/h7-8H,3-6,9H2,1-2H3/p+1. The molecule has 15 heavy (non-hydrogen) atoms. The van der Waals surface area contributed by atoms with Gasteiger partial charge in [0.25, 0.3) is 5.82 Å². The molecule has 1 aromatic rings. The first-order valence-corrected chi connectivity index (χ1v) is 5.48. The minimum Gasteiger partial charge on any atom is -0.478 e. The molecule has 0 saturated carbocycles. The van der Waals surface area contributed by atoms with E-state index in [0.717, 1.165) is 31.6 Å². The Kier molecular flexibility index (Phi) is 4.34. The van der Waals surface area contributed by atoms with Crippen LogP contribution in [0.15, 0.2) is 12.4 Å². The summed E-state index contributed by atoms with van der Waals surface area (Å²) in [7, 11) is 0. The van der Waals surface area contributed by atoms with E-state index < -0.39 is 5.97 Å². The van der Waals surface area contributed by atoms with Crippen LogP contribution in [0, 0.1) is 0 Å². The number of imidazole rings is 1. The molecule has 0 aliphatic heterocycles. The van der Waals surface area contributed by atoms with Crippen molar-refractivity contribution in [1.29, 1.82) is 0 Å². The van der Waals surface area contributed by atoms with Gasteiger partial charge < -0.3 is 5.11 Å². The van der Waals surface area contributed by atoms with E-state index in [1.165, 1.54) is 0 Å². The van der Waals surface area contributed by atoms with E-state index in [-0.39, 0.29) is 6.54 Å². The van der Waals surface area contributed by atoms with Crippen LogP contribution in [0.5, 0.6) is 0 Å². The summed E-state index contributed by atoms with van der Waals surface area (Å²) in [6.45, 7) is 5.25. The van der Waals surface area contributed by atoms with Crippen molar-refractivity contribution in [3.8, 4) is 0 Å². The SMILES string of the molecule is CCCc1n(CCC)cc[n+]1CC(=O)O. The number of rotatable bonds is 6. The molecule has 0 aliphatic rings. The maximum absolute atomic E-state index is 10.7. The Hall–Kier alpha value is -1.32. The van der Waals surface area contributed by atoms with Crippen molar-refractivity contribution < 1.29 is 14.5 Å². The number of carboxylic acid groups (broad SMARTS) is 1. The van der Waals surface area contributed by atoms with Crippen LogP contribution in [0.4, 0.5) is 0 Å². The first-order chi connectivity index (χ1) is 7.19. The first-order valence-electron chi connectivity index (χ1n) is 5.48. The summed E-state index contributed by atoms with van der Waals surface area (Å²) in [5.74, 6) is 0.327. The van der Waals surface area contributed by atoms with Gasteiger partial charge in [-0.3, -0.25) is 0 Å². The predicted molar refractivity (Wildman–Crippen MR) is 56.5 cm³/mol. The van der Waals surface area contributed by atoms with E-state index in [1.54, 1.807) is 0 Å². The molecule has 1 rings (SSSR count). The molecular formula is C11H19N2O2+. The highest BCUT2D eigenvalue weighted by Crippen LogP contribution is 2.01. The van der Waals surface area contributed by atoms with Crippen molar-refractivity contribution in [2.45, 2.75) is 46.2 Å². The van der Waals surface area contributed by atoms with Crippen LogP contribution in [0.1, 0.15) is 32.5 Å². The second-order valence-electron chi connectivity index (χ2n) is 3.68. The second-order valence-corrected chi connectivity index (χ2v) is 3.68. The fourth-order valence-electron chi connectivity index (χ4n) is 1.74. The van der Waals surface area contributed by atoms with Crippen LogP contribution in [-0.4, -0.2) is 15.6 Å². The van der Waals surface area contributed by atoms with Gasteiger partial charge in [-0.1, -0.05) is 13.8 Å². The van der Waals surface area contributed by atoms with E-state index in [9.17, 15) is 4.79 Å². The summed E-state index contributed by atoms with van der Waals surface area (Å²) in [4.78, 5) is 10.7. The van der Waals surface area contributed by atoms with Crippen LogP contribution in [0.2, 0.25) is 0 Å². The number of hydrogen-bond donors (Lipinski definition) is 1. The third-order valence-corrected chi connectivity index (χ3v) is 2.33. The molecule has 0 fully saturated rings. The minimum atomic E-state index is -0.786. The highest BCUT2D eigenvalue weighted by molar-refractivity contribution is 5.64. The van der Waals surface area contributed by atoms with Gasteiger partial charge in [0.15, 0.2) is 6.54 Å². The van der Waals surface area contributed by atoms with Gasteiger partial charge in [-0.25, -0.2) is 13.9 Å². The Labute approximate surface area is 90.2 Å². The average Bonchev–Trinajstić information content (AvgIpc) is 2.51. The number of carboxylic acids is 1. The third-order valence-electron chi connectivity index (χ3n) is 2.33. The van der Waals surface area contributed by atoms with E-state index in [2.05, 4.69) is 18.4 Å². The Bertz CT molecular complexity index is 331. The van der Waals surface area contributed by atoms with Gasteiger partial charge in [0.05, 0.1) is 6.54 Å². The van der Waals surface area contributed by atoms with Crippen molar-refractivity contribution in [2.75, 3.05) is 0 Å². The van der Waals surface area contributed by atoms with Crippen molar-refractivity contribution >= 4 is 5.97 Å². The monoisotopic (exact) mass is 211 g/mol. The lowest BCUT2D eigenvalue weighted by atomic mass is 10.3. The molecule has 0 atom stereocenters. The van der Waals surface area contributed by atoms with Gasteiger partial charge in [-0.05, 0) is 12.8 Å². The Morgan fingerprint density at radius 1 is 1.47 bits per heavy atom. The summed E-state index contributed by atoms with van der Waals surface area (Å²) >= 11 is 0. The number of nitrogens with zero attached hydrogens (tertiary/aromatic N) is 2. The van der Waals surface area contributed by atoms with Crippen LogP contribution in [0.3, 0.4) is 0 Å². The van der Waals surface area contributed by atoms with Crippen LogP contribution in [-0.2, 0) is 24.3 Å². The number of aromatic nitrogens is 2. The lowest BCUT2D eigenvalue weighted by molar-refractivity contribution is -0.692. The normalized spacial score (nSPS) is 10.5. The number of hydrogen-bond acceptors (Lipinski definition) is 1. The van der Waals surface area contributed by atoms with Gasteiger partial charge in [0.1, 0.15) is 12.4 Å². The number of aryl methyl sites for hydroxylation is 1. The molecule has 1 aromatic heterocycles. The molecule has 0 amide bonds. The molecular weight excluding hydrogens is 192 g/mol. The summed E-state index contributed by atoms with van der Waals surface area (Å²) in [5, 5.41) is 8.77. The average molecular weight is 211 g/mol. The van der Waals surface area contributed by atoms with Crippen molar-refractivity contribution in [3.05, 3.63) is 18.2 Å². The molecule has 0 unspecified atom stereocenters. The van der Waals surface area contributed by atoms with Crippen molar-refractivity contribution in [1.82, 2.24) is 4.57 Å². The van der Waals surface area contributed by atoms with Gasteiger partial charge in [0, 0.05) is 6.42 Å². The Morgan fingerprint density at radius 3 is 2.73 bits per heavy atom. The predicted octanol–water partition coefficient (Wildman–Crippen LogP) is 1.22. The molecule has 4 nitrogen and oxygen atoms in total. The topological polar surface area (TPSA) is 46.1 Å². The van der Waals surface area contributed by atoms with Crippen LogP contribution < -0.4 is 4.57 Å². The molecule has 84 valence electrons. The quantitative estimate of drug-likeness (QED) is 0.719. The molecule has 4 heteroatoms. The zero-order chi connectivity index (χ0) is 11.3.